The van der Waals surface area contributed by atoms with E-state index in [0.717, 1.165) is 24.7 Å². The average Bonchev–Trinajstić information content (AvgIpc) is 2.97. The second-order valence-electron chi connectivity index (χ2n) is 4.44. The number of nitro benzene ring substituents is 1. The molecule has 1 N–H and O–H groups in total. The number of aromatic nitrogens is 2. The van der Waals surface area contributed by atoms with E-state index >= 15 is 0 Å². The van der Waals surface area contributed by atoms with Crippen LogP contribution in [0.2, 0.25) is 0 Å². The zero-order chi connectivity index (χ0) is 14.8. The van der Waals surface area contributed by atoms with Gasteiger partial charge >= 0.3 is 0 Å². The predicted molar refractivity (Wildman–Crippen MR) is 67.9 cm³/mol. The molecule has 1 aliphatic rings. The van der Waals surface area contributed by atoms with Crippen molar-refractivity contribution in [2.75, 3.05) is 19.7 Å². The molecule has 2 aromatic rings. The summed E-state index contributed by atoms with van der Waals surface area (Å²) in [6, 6.07) is 3.07. The predicted octanol–water partition coefficient (Wildman–Crippen LogP) is 1.44. The van der Waals surface area contributed by atoms with Gasteiger partial charge in [-0.2, -0.15) is 4.98 Å². The number of benzene rings is 1. The Morgan fingerprint density at radius 1 is 1.48 bits per heavy atom. The van der Waals surface area contributed by atoms with Crippen molar-refractivity contribution >= 4 is 5.69 Å². The lowest BCUT2D eigenvalue weighted by Crippen LogP contribution is -2.33. The van der Waals surface area contributed by atoms with Crippen LogP contribution in [0, 0.1) is 15.9 Å². The number of rotatable bonds is 3. The molecule has 110 valence electrons. The lowest BCUT2D eigenvalue weighted by atomic mass is 10.1. The third-order valence-electron chi connectivity index (χ3n) is 3.04. The number of hydrogen-bond acceptors (Lipinski definition) is 7. The van der Waals surface area contributed by atoms with Crippen LogP contribution in [0.15, 0.2) is 22.7 Å². The third kappa shape index (κ3) is 2.73. The lowest BCUT2D eigenvalue weighted by Gasteiger charge is -2.20. The minimum Gasteiger partial charge on any atom is -0.367 e. The van der Waals surface area contributed by atoms with E-state index in [1.165, 1.54) is 0 Å². The van der Waals surface area contributed by atoms with E-state index in [1.54, 1.807) is 0 Å². The Balaban J connectivity index is 1.95. The maximum Gasteiger partial charge on any atom is 0.282 e. The van der Waals surface area contributed by atoms with Crippen LogP contribution in [-0.4, -0.2) is 34.8 Å². The van der Waals surface area contributed by atoms with E-state index in [0.29, 0.717) is 13.2 Å². The van der Waals surface area contributed by atoms with Crippen molar-refractivity contribution in [3.8, 4) is 11.5 Å². The van der Waals surface area contributed by atoms with E-state index in [2.05, 4.69) is 15.5 Å². The van der Waals surface area contributed by atoms with Crippen LogP contribution in [-0.2, 0) is 4.74 Å². The number of nitrogens with zero attached hydrogens (tertiary/aromatic N) is 3. The molecule has 0 bridgehead atoms. The first kappa shape index (κ1) is 13.6. The highest BCUT2D eigenvalue weighted by molar-refractivity contribution is 5.66. The molecular weight excluding hydrogens is 283 g/mol. The first-order valence-electron chi connectivity index (χ1n) is 6.25. The fourth-order valence-electron chi connectivity index (χ4n) is 2.05. The van der Waals surface area contributed by atoms with Gasteiger partial charge in [-0.25, -0.2) is 4.39 Å². The van der Waals surface area contributed by atoms with Crippen molar-refractivity contribution in [2.45, 2.75) is 6.10 Å². The smallest absolute Gasteiger partial charge is 0.282 e. The standard InChI is InChI=1S/C12H11FN4O4/c13-7-1-2-9(17(18)19)8(5-7)12-15-11(16-21-12)10-6-14-3-4-20-10/h1-2,5,10,14H,3-4,6H2. The normalized spacial score (nSPS) is 18.6. The van der Waals surface area contributed by atoms with Gasteiger partial charge in [0.2, 0.25) is 5.82 Å². The highest BCUT2D eigenvalue weighted by atomic mass is 19.1. The molecule has 0 spiro atoms. The molecule has 1 aliphatic heterocycles. The van der Waals surface area contributed by atoms with E-state index in [1.807, 2.05) is 0 Å². The molecule has 1 aromatic heterocycles. The molecule has 8 nitrogen and oxygen atoms in total. The summed E-state index contributed by atoms with van der Waals surface area (Å²) >= 11 is 0. The van der Waals surface area contributed by atoms with E-state index in [4.69, 9.17) is 9.26 Å². The number of hydrogen-bond donors (Lipinski definition) is 1. The monoisotopic (exact) mass is 294 g/mol. The Labute approximate surface area is 118 Å². The molecule has 1 fully saturated rings. The van der Waals surface area contributed by atoms with Gasteiger partial charge in [-0.05, 0) is 12.1 Å². The van der Waals surface area contributed by atoms with Gasteiger partial charge in [0, 0.05) is 19.2 Å². The Hall–Kier alpha value is -2.39. The average molecular weight is 294 g/mol. The quantitative estimate of drug-likeness (QED) is 0.674. The summed E-state index contributed by atoms with van der Waals surface area (Å²) in [5.41, 5.74) is -0.350. The van der Waals surface area contributed by atoms with Crippen molar-refractivity contribution in [2.24, 2.45) is 0 Å². The van der Waals surface area contributed by atoms with E-state index < -0.39 is 10.7 Å². The molecule has 1 unspecified atom stereocenters. The summed E-state index contributed by atoms with van der Waals surface area (Å²) in [5.74, 6) is -0.452. The second kappa shape index (κ2) is 5.54. The maximum atomic E-state index is 13.3. The highest BCUT2D eigenvalue weighted by Crippen LogP contribution is 2.30. The van der Waals surface area contributed by atoms with Crippen LogP contribution >= 0.6 is 0 Å². The van der Waals surface area contributed by atoms with Crippen molar-refractivity contribution in [1.82, 2.24) is 15.5 Å². The summed E-state index contributed by atoms with van der Waals surface area (Å²) < 4.78 is 23.8. The van der Waals surface area contributed by atoms with Crippen LogP contribution < -0.4 is 5.32 Å². The Morgan fingerprint density at radius 3 is 3.05 bits per heavy atom. The van der Waals surface area contributed by atoms with Crippen molar-refractivity contribution < 1.29 is 18.6 Å². The van der Waals surface area contributed by atoms with Crippen LogP contribution in [0.25, 0.3) is 11.5 Å². The SMILES string of the molecule is O=[N+]([O-])c1ccc(F)cc1-c1nc(C2CNCCO2)no1. The number of ether oxygens (including phenoxy) is 1. The Morgan fingerprint density at radius 2 is 2.33 bits per heavy atom. The molecule has 0 radical (unpaired) electrons. The molecular formula is C12H11FN4O4. The number of nitrogens with one attached hydrogen (secondary N) is 1. The fourth-order valence-corrected chi connectivity index (χ4v) is 2.05. The summed E-state index contributed by atoms with van der Waals surface area (Å²) in [6.07, 6.45) is -0.385. The molecule has 9 heteroatoms. The number of morpholine rings is 1. The molecule has 0 aliphatic carbocycles. The molecule has 1 atom stereocenters. The number of nitro groups is 1. The van der Waals surface area contributed by atoms with Crippen LogP contribution in [0.3, 0.4) is 0 Å². The largest absolute Gasteiger partial charge is 0.367 e. The van der Waals surface area contributed by atoms with E-state index in [9.17, 15) is 14.5 Å². The van der Waals surface area contributed by atoms with Gasteiger partial charge in [0.25, 0.3) is 11.6 Å². The van der Waals surface area contributed by atoms with Crippen LogP contribution in [0.5, 0.6) is 0 Å². The fraction of sp³-hybridized carbons (Fsp3) is 0.333. The molecule has 1 saturated heterocycles. The van der Waals surface area contributed by atoms with Gasteiger partial charge < -0.3 is 14.6 Å². The molecule has 2 heterocycles. The summed E-state index contributed by atoms with van der Waals surface area (Å²) in [4.78, 5) is 14.4. The Kier molecular flexibility index (Phi) is 3.59. The molecule has 3 rings (SSSR count). The molecule has 0 amide bonds. The molecule has 0 saturated carbocycles. The summed E-state index contributed by atoms with van der Waals surface area (Å²) in [5, 5.41) is 17.8. The van der Waals surface area contributed by atoms with Gasteiger partial charge in [0.1, 0.15) is 17.5 Å². The highest BCUT2D eigenvalue weighted by Gasteiger charge is 2.25. The minimum atomic E-state index is -0.628. The summed E-state index contributed by atoms with van der Waals surface area (Å²) in [7, 11) is 0. The maximum absolute atomic E-state index is 13.3. The molecule has 21 heavy (non-hydrogen) atoms. The summed E-state index contributed by atoms with van der Waals surface area (Å²) in [6.45, 7) is 1.76. The molecule has 1 aromatic carbocycles. The van der Waals surface area contributed by atoms with Gasteiger partial charge in [-0.15, -0.1) is 0 Å². The van der Waals surface area contributed by atoms with Gasteiger partial charge in [-0.1, -0.05) is 5.16 Å². The Bertz CT molecular complexity index is 669. The van der Waals surface area contributed by atoms with Crippen LogP contribution in [0.4, 0.5) is 10.1 Å². The first-order valence-corrected chi connectivity index (χ1v) is 6.25. The van der Waals surface area contributed by atoms with Crippen molar-refractivity contribution in [1.29, 1.82) is 0 Å². The zero-order valence-electron chi connectivity index (χ0n) is 10.8. The van der Waals surface area contributed by atoms with Gasteiger partial charge in [0.05, 0.1) is 11.5 Å². The van der Waals surface area contributed by atoms with Gasteiger partial charge in [0.15, 0.2) is 0 Å². The van der Waals surface area contributed by atoms with Crippen molar-refractivity contribution in [3.05, 3.63) is 40.0 Å². The second-order valence-corrected chi connectivity index (χ2v) is 4.44. The van der Waals surface area contributed by atoms with E-state index in [-0.39, 0.29) is 29.1 Å². The van der Waals surface area contributed by atoms with Crippen LogP contribution in [0.1, 0.15) is 11.9 Å². The first-order chi connectivity index (χ1) is 10.1. The lowest BCUT2D eigenvalue weighted by molar-refractivity contribution is -0.384. The topological polar surface area (TPSA) is 103 Å². The van der Waals surface area contributed by atoms with Gasteiger partial charge in [-0.3, -0.25) is 10.1 Å². The number of halogens is 1. The zero-order valence-corrected chi connectivity index (χ0v) is 10.8. The minimum absolute atomic E-state index is 0.0532. The third-order valence-corrected chi connectivity index (χ3v) is 3.04. The van der Waals surface area contributed by atoms with Crippen molar-refractivity contribution in [3.63, 3.8) is 0 Å².